The zero-order chi connectivity index (χ0) is 18.6. The molecule has 1 N–H and O–H groups in total. The third-order valence-electron chi connectivity index (χ3n) is 2.96. The van der Waals surface area contributed by atoms with E-state index in [1.165, 1.54) is 12.1 Å². The average Bonchev–Trinajstić information content (AvgIpc) is 2.54. The van der Waals surface area contributed by atoms with Crippen LogP contribution in [0.4, 0.5) is 28.9 Å². The van der Waals surface area contributed by atoms with Crippen LogP contribution in [0.3, 0.4) is 0 Å². The summed E-state index contributed by atoms with van der Waals surface area (Å²) in [4.78, 5) is 21.8. The molecule has 0 saturated carbocycles. The number of anilines is 1. The number of amides is 1. The highest BCUT2D eigenvalue weighted by Crippen LogP contribution is 2.32. The number of hydrogen-bond acceptors (Lipinski definition) is 4. The van der Waals surface area contributed by atoms with Gasteiger partial charge in [-0.15, -0.1) is 11.8 Å². The lowest BCUT2D eigenvalue weighted by Crippen LogP contribution is -2.14. The quantitative estimate of drug-likeness (QED) is 0.362. The van der Waals surface area contributed by atoms with Gasteiger partial charge in [0, 0.05) is 16.6 Å². The number of nitrogens with zero attached hydrogens (tertiary/aromatic N) is 1. The van der Waals surface area contributed by atoms with Crippen LogP contribution in [0, 0.1) is 15.9 Å². The van der Waals surface area contributed by atoms with E-state index in [4.69, 9.17) is 0 Å². The maximum atomic E-state index is 13.2. The van der Waals surface area contributed by atoms with E-state index in [0.717, 1.165) is 42.1 Å². The van der Waals surface area contributed by atoms with E-state index in [1.54, 1.807) is 0 Å². The summed E-state index contributed by atoms with van der Waals surface area (Å²) in [5, 5.41) is 13.0. The molecule has 132 valence electrons. The summed E-state index contributed by atoms with van der Waals surface area (Å²) in [5.41, 5.74) is -1.60. The Morgan fingerprint density at radius 2 is 1.92 bits per heavy atom. The molecule has 10 heteroatoms. The molecule has 25 heavy (non-hydrogen) atoms. The first-order valence-electron chi connectivity index (χ1n) is 6.70. The molecule has 2 aromatic carbocycles. The number of rotatable bonds is 5. The summed E-state index contributed by atoms with van der Waals surface area (Å²) in [6.07, 6.45) is -4.48. The second kappa shape index (κ2) is 7.51. The second-order valence-corrected chi connectivity index (χ2v) is 5.83. The van der Waals surface area contributed by atoms with Gasteiger partial charge in [0.1, 0.15) is 0 Å². The number of thioether (sulfide) groups is 1. The van der Waals surface area contributed by atoms with E-state index in [9.17, 15) is 32.5 Å². The van der Waals surface area contributed by atoms with Crippen LogP contribution >= 0.6 is 11.8 Å². The molecule has 0 radical (unpaired) electrons. The SMILES string of the molecule is O=C(CSc1cccc(C(F)(F)F)c1)Nc1ccc(F)c([N+](=O)[O-])c1. The summed E-state index contributed by atoms with van der Waals surface area (Å²) in [5.74, 6) is -1.85. The molecule has 0 fully saturated rings. The number of nitrogens with one attached hydrogen (secondary N) is 1. The van der Waals surface area contributed by atoms with Crippen molar-refractivity contribution in [1.29, 1.82) is 0 Å². The summed E-state index contributed by atoms with van der Waals surface area (Å²) in [7, 11) is 0. The summed E-state index contributed by atoms with van der Waals surface area (Å²) in [6.45, 7) is 0. The normalized spacial score (nSPS) is 11.2. The van der Waals surface area contributed by atoms with Crippen molar-refractivity contribution in [2.45, 2.75) is 11.1 Å². The van der Waals surface area contributed by atoms with Crippen molar-refractivity contribution in [1.82, 2.24) is 0 Å². The van der Waals surface area contributed by atoms with Crippen molar-refractivity contribution in [2.24, 2.45) is 0 Å². The number of carbonyl (C=O) groups is 1. The standard InChI is InChI=1S/C15H10F4N2O3S/c16-12-5-4-10(7-13(12)21(23)24)20-14(22)8-25-11-3-1-2-9(6-11)15(17,18)19/h1-7H,8H2,(H,20,22). The van der Waals surface area contributed by atoms with Crippen LogP contribution in [0.1, 0.15) is 5.56 Å². The molecule has 1 amide bonds. The Hall–Kier alpha value is -2.62. The Morgan fingerprint density at radius 3 is 2.56 bits per heavy atom. The van der Waals surface area contributed by atoms with Gasteiger partial charge in [0.15, 0.2) is 0 Å². The minimum atomic E-state index is -4.48. The fraction of sp³-hybridized carbons (Fsp3) is 0.133. The fourth-order valence-electron chi connectivity index (χ4n) is 1.84. The van der Waals surface area contributed by atoms with Crippen molar-refractivity contribution in [3.8, 4) is 0 Å². The van der Waals surface area contributed by atoms with Crippen LogP contribution < -0.4 is 5.32 Å². The highest BCUT2D eigenvalue weighted by Gasteiger charge is 2.30. The number of nitro benzene ring substituents is 1. The maximum absolute atomic E-state index is 13.2. The van der Waals surface area contributed by atoms with Crippen LogP contribution in [0.5, 0.6) is 0 Å². The summed E-state index contributed by atoms with van der Waals surface area (Å²) < 4.78 is 51.1. The monoisotopic (exact) mass is 374 g/mol. The molecule has 0 saturated heterocycles. The Kier molecular flexibility index (Phi) is 5.62. The lowest BCUT2D eigenvalue weighted by Gasteiger charge is -2.09. The van der Waals surface area contributed by atoms with Crippen molar-refractivity contribution >= 4 is 29.0 Å². The molecular formula is C15H10F4N2O3S. The molecule has 0 aliphatic rings. The molecule has 0 heterocycles. The van der Waals surface area contributed by atoms with Gasteiger partial charge in [-0.3, -0.25) is 14.9 Å². The van der Waals surface area contributed by atoms with E-state index < -0.39 is 34.1 Å². The fourth-order valence-corrected chi connectivity index (χ4v) is 2.59. The Bertz CT molecular complexity index is 812. The van der Waals surface area contributed by atoms with Crippen LogP contribution in [-0.4, -0.2) is 16.6 Å². The van der Waals surface area contributed by atoms with E-state index in [0.29, 0.717) is 0 Å². The zero-order valence-corrected chi connectivity index (χ0v) is 13.2. The van der Waals surface area contributed by atoms with Crippen molar-refractivity contribution in [3.05, 3.63) is 64.0 Å². The molecule has 0 atom stereocenters. The van der Waals surface area contributed by atoms with Gasteiger partial charge < -0.3 is 5.32 Å². The molecule has 2 rings (SSSR count). The number of nitro groups is 1. The van der Waals surface area contributed by atoms with Gasteiger partial charge in [0.2, 0.25) is 11.7 Å². The molecular weight excluding hydrogens is 364 g/mol. The third kappa shape index (κ3) is 5.18. The van der Waals surface area contributed by atoms with Crippen molar-refractivity contribution in [2.75, 3.05) is 11.1 Å². The van der Waals surface area contributed by atoms with Gasteiger partial charge >= 0.3 is 11.9 Å². The second-order valence-electron chi connectivity index (χ2n) is 4.79. The lowest BCUT2D eigenvalue weighted by molar-refractivity contribution is -0.387. The minimum absolute atomic E-state index is 0.0164. The largest absolute Gasteiger partial charge is 0.416 e. The van der Waals surface area contributed by atoms with E-state index in [-0.39, 0.29) is 16.3 Å². The first-order chi connectivity index (χ1) is 11.7. The lowest BCUT2D eigenvalue weighted by atomic mass is 10.2. The highest BCUT2D eigenvalue weighted by atomic mass is 32.2. The van der Waals surface area contributed by atoms with Gasteiger partial charge in [-0.05, 0) is 30.3 Å². The minimum Gasteiger partial charge on any atom is -0.325 e. The smallest absolute Gasteiger partial charge is 0.325 e. The summed E-state index contributed by atoms with van der Waals surface area (Å²) >= 11 is 0.872. The molecule has 0 aliphatic heterocycles. The molecule has 0 spiro atoms. The average molecular weight is 374 g/mol. The number of benzene rings is 2. The van der Waals surface area contributed by atoms with E-state index >= 15 is 0 Å². The van der Waals surface area contributed by atoms with Gasteiger partial charge in [-0.1, -0.05) is 6.07 Å². The molecule has 0 bridgehead atoms. The number of alkyl halides is 3. The van der Waals surface area contributed by atoms with Crippen molar-refractivity contribution < 1.29 is 27.3 Å². The summed E-state index contributed by atoms with van der Waals surface area (Å²) in [6, 6.07) is 7.34. The molecule has 0 aromatic heterocycles. The molecule has 0 unspecified atom stereocenters. The van der Waals surface area contributed by atoms with Gasteiger partial charge in [-0.2, -0.15) is 17.6 Å². The van der Waals surface area contributed by atoms with E-state index in [2.05, 4.69) is 5.32 Å². The first kappa shape index (κ1) is 18.7. The predicted octanol–water partition coefficient (Wildman–Crippen LogP) is 4.48. The highest BCUT2D eigenvalue weighted by molar-refractivity contribution is 8.00. The number of hydrogen-bond donors (Lipinski definition) is 1. The van der Waals surface area contributed by atoms with Crippen LogP contribution in [0.2, 0.25) is 0 Å². The van der Waals surface area contributed by atoms with E-state index in [1.807, 2.05) is 0 Å². The topological polar surface area (TPSA) is 72.2 Å². The van der Waals surface area contributed by atoms with Crippen molar-refractivity contribution in [3.63, 3.8) is 0 Å². The maximum Gasteiger partial charge on any atom is 0.416 e. The number of carbonyl (C=O) groups excluding carboxylic acids is 1. The molecule has 0 aliphatic carbocycles. The van der Waals surface area contributed by atoms with Gasteiger partial charge in [0.05, 0.1) is 16.2 Å². The Labute approximate surface area is 143 Å². The zero-order valence-electron chi connectivity index (χ0n) is 12.3. The predicted molar refractivity (Wildman–Crippen MR) is 83.9 cm³/mol. The molecule has 2 aromatic rings. The van der Waals surface area contributed by atoms with Crippen LogP contribution in [0.15, 0.2) is 47.4 Å². The first-order valence-corrected chi connectivity index (χ1v) is 7.69. The Balaban J connectivity index is 2.00. The Morgan fingerprint density at radius 1 is 1.20 bits per heavy atom. The van der Waals surface area contributed by atoms with Gasteiger partial charge in [0.25, 0.3) is 0 Å². The molecule has 5 nitrogen and oxygen atoms in total. The number of halogens is 4. The van der Waals surface area contributed by atoms with Crippen LogP contribution in [0.25, 0.3) is 0 Å². The van der Waals surface area contributed by atoms with Gasteiger partial charge in [-0.25, -0.2) is 0 Å². The third-order valence-corrected chi connectivity index (χ3v) is 3.95. The van der Waals surface area contributed by atoms with Crippen LogP contribution in [-0.2, 0) is 11.0 Å².